The Balaban J connectivity index is 1.60. The number of hydrogen-bond acceptors (Lipinski definition) is 3. The van der Waals surface area contributed by atoms with Gasteiger partial charge in [0.25, 0.3) is 0 Å². The van der Waals surface area contributed by atoms with Crippen LogP contribution in [0.25, 0.3) is 0 Å². The van der Waals surface area contributed by atoms with Crippen LogP contribution in [0.2, 0.25) is 5.02 Å². The molecular weight excluding hydrogens is 471 g/mol. The van der Waals surface area contributed by atoms with Crippen molar-refractivity contribution in [1.82, 2.24) is 4.98 Å². The quantitative estimate of drug-likeness (QED) is 0.310. The zero-order valence-corrected chi connectivity index (χ0v) is 17.5. The zero-order valence-electron chi connectivity index (χ0n) is 14.6. The molecule has 0 bridgehead atoms. The van der Waals surface area contributed by atoms with Crippen LogP contribution in [0.3, 0.4) is 0 Å². The first-order valence-corrected chi connectivity index (χ1v) is 10.4. The normalized spacial score (nSPS) is 13.4. The summed E-state index contributed by atoms with van der Waals surface area (Å²) in [7, 11) is 0. The Labute approximate surface area is 177 Å². The zero-order chi connectivity index (χ0) is 18.8. The van der Waals surface area contributed by atoms with Gasteiger partial charge in [-0.2, -0.15) is 0 Å². The monoisotopic (exact) mass is 488 g/mol. The first-order chi connectivity index (χ1) is 13.1. The van der Waals surface area contributed by atoms with Crippen molar-refractivity contribution < 1.29 is 4.79 Å². The van der Waals surface area contributed by atoms with E-state index < -0.39 is 0 Å². The Bertz CT molecular complexity index is 953. The fraction of sp³-hybridized carbons (Fsp3) is 0.182. The molecular formula is C22H18ClIN2O. The van der Waals surface area contributed by atoms with Crippen LogP contribution in [-0.2, 0) is 0 Å². The number of hydrogen-bond donors (Lipinski definition) is 0. The Morgan fingerprint density at radius 3 is 2.44 bits per heavy atom. The standard InChI is InChI=1S/C22H18ClIN2O/c23-17-6-8-19(9-7-17)26(14-15-4-5-15)20-10-11-21(25-13-20)22(27)16-2-1-3-18(24)12-16/h1-3,6-13,15H,4-5,14H2. The second kappa shape index (κ2) is 7.98. The number of halogens is 2. The second-order valence-corrected chi connectivity index (χ2v) is 8.45. The number of ketones is 1. The molecule has 27 heavy (non-hydrogen) atoms. The summed E-state index contributed by atoms with van der Waals surface area (Å²) in [5.41, 5.74) is 3.20. The van der Waals surface area contributed by atoms with Crippen molar-refractivity contribution in [3.63, 3.8) is 0 Å². The molecule has 1 fully saturated rings. The topological polar surface area (TPSA) is 33.2 Å². The Kier molecular flexibility index (Phi) is 5.45. The van der Waals surface area contributed by atoms with Crippen LogP contribution in [0.4, 0.5) is 11.4 Å². The predicted molar refractivity (Wildman–Crippen MR) is 118 cm³/mol. The van der Waals surface area contributed by atoms with Crippen LogP contribution in [0.15, 0.2) is 66.9 Å². The first-order valence-electron chi connectivity index (χ1n) is 8.89. The van der Waals surface area contributed by atoms with E-state index >= 15 is 0 Å². The number of rotatable bonds is 6. The van der Waals surface area contributed by atoms with Crippen LogP contribution < -0.4 is 4.90 Å². The maximum atomic E-state index is 12.7. The fourth-order valence-corrected chi connectivity index (χ4v) is 3.67. The highest BCUT2D eigenvalue weighted by molar-refractivity contribution is 14.1. The highest BCUT2D eigenvalue weighted by Crippen LogP contribution is 2.35. The number of pyridine rings is 1. The van der Waals surface area contributed by atoms with Crippen LogP contribution >= 0.6 is 34.2 Å². The number of carbonyl (C=O) groups excluding carboxylic acids is 1. The molecule has 4 rings (SSSR count). The molecule has 0 aliphatic heterocycles. The van der Waals surface area contributed by atoms with Gasteiger partial charge in [-0.1, -0.05) is 23.7 Å². The van der Waals surface area contributed by atoms with Gasteiger partial charge in [-0.15, -0.1) is 0 Å². The Morgan fingerprint density at radius 2 is 1.81 bits per heavy atom. The Hall–Kier alpha value is -1.92. The number of nitrogens with zero attached hydrogens (tertiary/aromatic N) is 2. The molecule has 136 valence electrons. The van der Waals surface area contributed by atoms with Crippen LogP contribution in [0.1, 0.15) is 28.9 Å². The van der Waals surface area contributed by atoms with Gasteiger partial charge < -0.3 is 4.90 Å². The van der Waals surface area contributed by atoms with Gasteiger partial charge in [0.2, 0.25) is 5.78 Å². The van der Waals surface area contributed by atoms with Crippen molar-refractivity contribution in [2.45, 2.75) is 12.8 Å². The smallest absolute Gasteiger partial charge is 0.211 e. The minimum Gasteiger partial charge on any atom is -0.340 e. The summed E-state index contributed by atoms with van der Waals surface area (Å²) in [5.74, 6) is 0.661. The van der Waals surface area contributed by atoms with Gasteiger partial charge >= 0.3 is 0 Å². The largest absolute Gasteiger partial charge is 0.340 e. The maximum absolute atomic E-state index is 12.7. The summed E-state index contributed by atoms with van der Waals surface area (Å²) < 4.78 is 1.04. The lowest BCUT2D eigenvalue weighted by Crippen LogP contribution is -2.20. The molecule has 5 heteroatoms. The average molecular weight is 489 g/mol. The summed E-state index contributed by atoms with van der Waals surface area (Å²) in [6.45, 7) is 0.952. The van der Waals surface area contributed by atoms with Gasteiger partial charge in [-0.25, -0.2) is 0 Å². The molecule has 0 spiro atoms. The number of aromatic nitrogens is 1. The lowest BCUT2D eigenvalue weighted by molar-refractivity contribution is 0.103. The second-order valence-electron chi connectivity index (χ2n) is 6.77. The molecule has 2 aromatic carbocycles. The molecule has 1 saturated carbocycles. The molecule has 0 unspecified atom stereocenters. The number of benzene rings is 2. The lowest BCUT2D eigenvalue weighted by Gasteiger charge is -2.25. The van der Waals surface area contributed by atoms with Crippen LogP contribution in [0, 0.1) is 9.49 Å². The predicted octanol–water partition coefficient (Wildman–Crippen LogP) is 6.12. The summed E-state index contributed by atoms with van der Waals surface area (Å²) in [4.78, 5) is 19.4. The van der Waals surface area contributed by atoms with E-state index in [1.807, 2.05) is 60.7 Å². The van der Waals surface area contributed by atoms with E-state index in [4.69, 9.17) is 11.6 Å². The van der Waals surface area contributed by atoms with E-state index in [0.29, 0.717) is 17.2 Å². The molecule has 0 atom stereocenters. The molecule has 1 heterocycles. The SMILES string of the molecule is O=C(c1cccc(I)c1)c1ccc(N(CC2CC2)c2ccc(Cl)cc2)cn1. The highest BCUT2D eigenvalue weighted by Gasteiger charge is 2.25. The third-order valence-electron chi connectivity index (χ3n) is 4.65. The van der Waals surface area contributed by atoms with E-state index in [2.05, 4.69) is 32.5 Å². The molecule has 0 amide bonds. The van der Waals surface area contributed by atoms with Crippen molar-refractivity contribution in [2.75, 3.05) is 11.4 Å². The van der Waals surface area contributed by atoms with Gasteiger partial charge in [0, 0.05) is 26.4 Å². The molecule has 0 saturated heterocycles. The molecule has 3 nitrogen and oxygen atoms in total. The average Bonchev–Trinajstić information content (AvgIpc) is 3.51. The van der Waals surface area contributed by atoms with E-state index in [1.165, 1.54) is 12.8 Å². The van der Waals surface area contributed by atoms with Crippen LogP contribution in [-0.4, -0.2) is 17.3 Å². The third kappa shape index (κ3) is 4.50. The number of carbonyl (C=O) groups is 1. The molecule has 0 radical (unpaired) electrons. The minimum absolute atomic E-state index is 0.0553. The van der Waals surface area contributed by atoms with Gasteiger partial charge in [0.1, 0.15) is 5.69 Å². The van der Waals surface area contributed by atoms with Gasteiger partial charge in [0.05, 0.1) is 11.9 Å². The Morgan fingerprint density at radius 1 is 1.07 bits per heavy atom. The lowest BCUT2D eigenvalue weighted by atomic mass is 10.1. The van der Waals surface area contributed by atoms with Crippen molar-refractivity contribution in [1.29, 1.82) is 0 Å². The molecule has 1 aliphatic carbocycles. The van der Waals surface area contributed by atoms with E-state index in [1.54, 1.807) is 6.20 Å². The van der Waals surface area contributed by atoms with Crippen molar-refractivity contribution in [2.24, 2.45) is 5.92 Å². The van der Waals surface area contributed by atoms with Gasteiger partial charge in [-0.3, -0.25) is 9.78 Å². The summed E-state index contributed by atoms with van der Waals surface area (Å²) in [6.07, 6.45) is 4.32. The van der Waals surface area contributed by atoms with E-state index in [-0.39, 0.29) is 5.78 Å². The van der Waals surface area contributed by atoms with Crippen molar-refractivity contribution in [3.05, 3.63) is 86.7 Å². The van der Waals surface area contributed by atoms with E-state index in [9.17, 15) is 4.79 Å². The van der Waals surface area contributed by atoms with Gasteiger partial charge in [0.15, 0.2) is 0 Å². The minimum atomic E-state index is -0.0553. The summed E-state index contributed by atoms with van der Waals surface area (Å²) in [6, 6.07) is 19.2. The summed E-state index contributed by atoms with van der Waals surface area (Å²) >= 11 is 8.25. The fourth-order valence-electron chi connectivity index (χ4n) is 3.00. The third-order valence-corrected chi connectivity index (χ3v) is 5.58. The highest BCUT2D eigenvalue weighted by atomic mass is 127. The van der Waals surface area contributed by atoms with Gasteiger partial charge in [-0.05, 0) is 89.9 Å². The number of anilines is 2. The van der Waals surface area contributed by atoms with E-state index in [0.717, 1.165) is 26.5 Å². The van der Waals surface area contributed by atoms with Crippen molar-refractivity contribution in [3.8, 4) is 0 Å². The molecule has 1 aromatic heterocycles. The van der Waals surface area contributed by atoms with Crippen molar-refractivity contribution >= 4 is 51.3 Å². The maximum Gasteiger partial charge on any atom is 0.211 e. The molecule has 0 N–H and O–H groups in total. The molecule has 1 aliphatic rings. The molecule has 3 aromatic rings. The van der Waals surface area contributed by atoms with Crippen LogP contribution in [0.5, 0.6) is 0 Å². The summed E-state index contributed by atoms with van der Waals surface area (Å²) in [5, 5.41) is 0.724. The first kappa shape index (κ1) is 18.4.